The normalized spacial score (nSPS) is 10.2. The third-order valence-corrected chi connectivity index (χ3v) is 1.85. The smallest absolute Gasteiger partial charge is 0.121 e. The molecule has 0 atom stereocenters. The molecule has 64 valence electrons. The van der Waals surface area contributed by atoms with Gasteiger partial charge in [-0.15, -0.1) is 6.42 Å². The van der Waals surface area contributed by atoms with E-state index in [1.165, 1.54) is 4.80 Å². The maximum atomic E-state index is 5.79. The second kappa shape index (κ2) is 3.08. The number of fused-ring (bicyclic) bond motifs is 1. The largest absolute Gasteiger partial charge is 0.172 e. The van der Waals surface area contributed by atoms with Gasteiger partial charge in [0.1, 0.15) is 17.6 Å². The Morgan fingerprint density at radius 1 is 1.38 bits per heavy atom. The first-order valence-electron chi connectivity index (χ1n) is 3.73. The van der Waals surface area contributed by atoms with Crippen LogP contribution in [0.15, 0.2) is 18.2 Å². The first kappa shape index (κ1) is 8.09. The van der Waals surface area contributed by atoms with Crippen molar-refractivity contribution in [1.82, 2.24) is 15.0 Å². The van der Waals surface area contributed by atoms with E-state index in [1.54, 1.807) is 12.1 Å². The van der Waals surface area contributed by atoms with Crippen LogP contribution in [0.25, 0.3) is 11.0 Å². The second-order valence-electron chi connectivity index (χ2n) is 2.57. The summed E-state index contributed by atoms with van der Waals surface area (Å²) < 4.78 is 0. The summed E-state index contributed by atoms with van der Waals surface area (Å²) in [6.07, 6.45) is 5.14. The van der Waals surface area contributed by atoms with Gasteiger partial charge in [-0.05, 0) is 18.2 Å². The van der Waals surface area contributed by atoms with E-state index < -0.39 is 0 Å². The maximum absolute atomic E-state index is 5.79. The Kier molecular flexibility index (Phi) is 1.91. The van der Waals surface area contributed by atoms with Crippen LogP contribution in [-0.2, 0) is 6.54 Å². The minimum absolute atomic E-state index is 0.381. The number of hydrogen-bond acceptors (Lipinski definition) is 2. The number of rotatable bonds is 1. The van der Waals surface area contributed by atoms with Crippen LogP contribution >= 0.6 is 11.6 Å². The van der Waals surface area contributed by atoms with Crippen LogP contribution in [0, 0.1) is 12.3 Å². The molecular formula is C9H6ClN3. The molecule has 0 unspecified atom stereocenters. The van der Waals surface area contributed by atoms with Crippen molar-refractivity contribution in [3.05, 3.63) is 23.2 Å². The Hall–Kier alpha value is -1.53. The highest BCUT2D eigenvalue weighted by atomic mass is 35.5. The van der Waals surface area contributed by atoms with Crippen molar-refractivity contribution < 1.29 is 0 Å². The summed E-state index contributed by atoms with van der Waals surface area (Å²) in [6.45, 7) is 0.381. The molecule has 0 aliphatic carbocycles. The van der Waals surface area contributed by atoms with Gasteiger partial charge in [-0.2, -0.15) is 15.0 Å². The van der Waals surface area contributed by atoms with E-state index >= 15 is 0 Å². The van der Waals surface area contributed by atoms with Crippen molar-refractivity contribution in [2.75, 3.05) is 0 Å². The van der Waals surface area contributed by atoms with Gasteiger partial charge in [0.15, 0.2) is 0 Å². The molecule has 4 heteroatoms. The predicted molar refractivity (Wildman–Crippen MR) is 51.4 cm³/mol. The highest BCUT2D eigenvalue weighted by Crippen LogP contribution is 2.15. The molecule has 0 amide bonds. The van der Waals surface area contributed by atoms with Gasteiger partial charge in [0.25, 0.3) is 0 Å². The molecule has 2 aromatic rings. The van der Waals surface area contributed by atoms with E-state index in [-0.39, 0.29) is 0 Å². The summed E-state index contributed by atoms with van der Waals surface area (Å²) in [6, 6.07) is 5.35. The average molecular weight is 192 g/mol. The zero-order valence-corrected chi connectivity index (χ0v) is 7.49. The number of benzene rings is 1. The van der Waals surface area contributed by atoms with Gasteiger partial charge in [0.2, 0.25) is 0 Å². The first-order valence-corrected chi connectivity index (χ1v) is 4.11. The van der Waals surface area contributed by atoms with Crippen molar-refractivity contribution >= 4 is 22.6 Å². The van der Waals surface area contributed by atoms with E-state index in [4.69, 9.17) is 18.0 Å². The minimum Gasteiger partial charge on any atom is -0.172 e. The van der Waals surface area contributed by atoms with Crippen LogP contribution < -0.4 is 0 Å². The molecule has 0 spiro atoms. The molecule has 1 aromatic carbocycles. The Balaban J connectivity index is 2.57. The zero-order valence-electron chi connectivity index (χ0n) is 6.74. The average Bonchev–Trinajstić information content (AvgIpc) is 2.46. The molecular weight excluding hydrogens is 186 g/mol. The van der Waals surface area contributed by atoms with E-state index in [1.807, 2.05) is 6.07 Å². The van der Waals surface area contributed by atoms with Gasteiger partial charge in [-0.3, -0.25) is 0 Å². The summed E-state index contributed by atoms with van der Waals surface area (Å²) in [4.78, 5) is 1.47. The van der Waals surface area contributed by atoms with Gasteiger partial charge >= 0.3 is 0 Å². The summed E-state index contributed by atoms with van der Waals surface area (Å²) in [5, 5.41) is 8.94. The quantitative estimate of drug-likeness (QED) is 0.643. The fourth-order valence-corrected chi connectivity index (χ4v) is 1.25. The summed E-state index contributed by atoms with van der Waals surface area (Å²) in [7, 11) is 0. The lowest BCUT2D eigenvalue weighted by atomic mass is 10.3. The Labute approximate surface area is 80.3 Å². The van der Waals surface area contributed by atoms with Crippen LogP contribution in [0.1, 0.15) is 0 Å². The van der Waals surface area contributed by atoms with E-state index in [0.717, 1.165) is 11.0 Å². The molecule has 0 fully saturated rings. The standard InChI is InChI=1S/C9H6ClN3/c1-2-5-13-11-8-4-3-7(10)6-9(8)12-13/h1,3-4,6H,5H2. The van der Waals surface area contributed by atoms with E-state index in [2.05, 4.69) is 16.1 Å². The molecule has 0 bridgehead atoms. The van der Waals surface area contributed by atoms with E-state index in [0.29, 0.717) is 11.6 Å². The molecule has 13 heavy (non-hydrogen) atoms. The molecule has 3 nitrogen and oxygen atoms in total. The summed E-state index contributed by atoms with van der Waals surface area (Å²) in [5.74, 6) is 2.46. The monoisotopic (exact) mass is 191 g/mol. The Bertz CT molecular complexity index is 481. The Morgan fingerprint density at radius 2 is 2.15 bits per heavy atom. The molecule has 0 saturated carbocycles. The lowest BCUT2D eigenvalue weighted by Crippen LogP contribution is -1.98. The number of nitrogens with zero attached hydrogens (tertiary/aromatic N) is 3. The number of aromatic nitrogens is 3. The van der Waals surface area contributed by atoms with Crippen LogP contribution in [0.5, 0.6) is 0 Å². The third-order valence-electron chi connectivity index (χ3n) is 1.62. The Morgan fingerprint density at radius 3 is 2.92 bits per heavy atom. The van der Waals surface area contributed by atoms with Gasteiger partial charge < -0.3 is 0 Å². The topological polar surface area (TPSA) is 30.7 Å². The maximum Gasteiger partial charge on any atom is 0.121 e. The molecule has 0 aliphatic heterocycles. The number of halogens is 1. The minimum atomic E-state index is 0.381. The lowest BCUT2D eigenvalue weighted by Gasteiger charge is -1.86. The predicted octanol–water partition coefficient (Wildman–Crippen LogP) is 1.72. The van der Waals surface area contributed by atoms with Gasteiger partial charge in [0.05, 0.1) is 0 Å². The fourth-order valence-electron chi connectivity index (χ4n) is 1.08. The fraction of sp³-hybridized carbons (Fsp3) is 0.111. The molecule has 0 aliphatic rings. The molecule has 1 aromatic heterocycles. The van der Waals surface area contributed by atoms with Crippen molar-refractivity contribution in [2.24, 2.45) is 0 Å². The third kappa shape index (κ3) is 1.49. The summed E-state index contributed by atoms with van der Waals surface area (Å²) >= 11 is 5.79. The van der Waals surface area contributed by atoms with Crippen molar-refractivity contribution in [1.29, 1.82) is 0 Å². The molecule has 0 N–H and O–H groups in total. The highest BCUT2D eigenvalue weighted by Gasteiger charge is 2.01. The molecule has 2 rings (SSSR count). The first-order chi connectivity index (χ1) is 6.29. The van der Waals surface area contributed by atoms with Gasteiger partial charge in [-0.25, -0.2) is 0 Å². The van der Waals surface area contributed by atoms with Crippen LogP contribution in [0.4, 0.5) is 0 Å². The molecule has 0 radical (unpaired) electrons. The van der Waals surface area contributed by atoms with Crippen molar-refractivity contribution in [3.8, 4) is 12.3 Å². The summed E-state index contributed by atoms with van der Waals surface area (Å²) in [5.41, 5.74) is 1.57. The second-order valence-corrected chi connectivity index (χ2v) is 3.00. The molecule has 0 saturated heterocycles. The molecule has 1 heterocycles. The number of terminal acetylenes is 1. The SMILES string of the molecule is C#CCn1nc2ccc(Cl)cc2n1. The van der Waals surface area contributed by atoms with Crippen molar-refractivity contribution in [3.63, 3.8) is 0 Å². The van der Waals surface area contributed by atoms with Crippen molar-refractivity contribution in [2.45, 2.75) is 6.54 Å². The van der Waals surface area contributed by atoms with Crippen LogP contribution in [-0.4, -0.2) is 15.0 Å². The van der Waals surface area contributed by atoms with Crippen LogP contribution in [0.2, 0.25) is 5.02 Å². The van der Waals surface area contributed by atoms with Gasteiger partial charge in [0, 0.05) is 5.02 Å². The zero-order chi connectivity index (χ0) is 9.26. The van der Waals surface area contributed by atoms with E-state index in [9.17, 15) is 0 Å². The van der Waals surface area contributed by atoms with Crippen LogP contribution in [0.3, 0.4) is 0 Å². The number of hydrogen-bond donors (Lipinski definition) is 0. The lowest BCUT2D eigenvalue weighted by molar-refractivity contribution is 0.622. The van der Waals surface area contributed by atoms with Gasteiger partial charge in [-0.1, -0.05) is 17.5 Å². The highest BCUT2D eigenvalue weighted by molar-refractivity contribution is 6.31.